The fourth-order valence-electron chi connectivity index (χ4n) is 1.17. The summed E-state index contributed by atoms with van der Waals surface area (Å²) in [6, 6.07) is 6.09. The molecule has 0 saturated heterocycles. The first kappa shape index (κ1) is 11.1. The molecule has 1 aromatic carbocycles. The maximum atomic E-state index is 6.08. The van der Waals surface area contributed by atoms with E-state index in [0.29, 0.717) is 0 Å². The van der Waals surface area contributed by atoms with Gasteiger partial charge in [-0.1, -0.05) is 47.4 Å². The minimum absolute atomic E-state index is 0.736. The quantitative estimate of drug-likeness (QED) is 0.740. The molecule has 0 bridgehead atoms. The second-order valence-corrected chi connectivity index (χ2v) is 4.99. The molecule has 0 fully saturated rings. The molecule has 0 N–H and O–H groups in total. The lowest BCUT2D eigenvalue weighted by atomic mass is 10.0. The zero-order chi connectivity index (χ0) is 9.84. The lowest BCUT2D eigenvalue weighted by Gasteiger charge is -2.06. The molecule has 72 valence electrons. The highest BCUT2D eigenvalue weighted by Gasteiger charge is 2.02. The largest absolute Gasteiger partial charge is 0.0840 e. The summed E-state index contributed by atoms with van der Waals surface area (Å²) in [7, 11) is 0. The van der Waals surface area contributed by atoms with Gasteiger partial charge in [0.25, 0.3) is 0 Å². The number of halogens is 2. The van der Waals surface area contributed by atoms with E-state index in [1.165, 1.54) is 12.0 Å². The van der Waals surface area contributed by atoms with Gasteiger partial charge in [0.05, 0.1) is 0 Å². The van der Waals surface area contributed by atoms with Gasteiger partial charge in [-0.25, -0.2) is 0 Å². The number of hydrogen-bond acceptors (Lipinski definition) is 0. The Bertz CT molecular complexity index is 281. The van der Waals surface area contributed by atoms with Crippen LogP contribution in [0, 0.1) is 5.92 Å². The minimum Gasteiger partial charge on any atom is -0.0840 e. The van der Waals surface area contributed by atoms with E-state index in [4.69, 9.17) is 11.6 Å². The van der Waals surface area contributed by atoms with Crippen LogP contribution in [-0.4, -0.2) is 0 Å². The summed E-state index contributed by atoms with van der Waals surface area (Å²) in [5.74, 6) is 0.736. The van der Waals surface area contributed by atoms with Crippen molar-refractivity contribution in [1.82, 2.24) is 0 Å². The number of aryl methyl sites for hydroxylation is 1. The third-order valence-corrected chi connectivity index (χ3v) is 2.85. The molecule has 0 aliphatic rings. The van der Waals surface area contributed by atoms with Crippen molar-refractivity contribution >= 4 is 27.5 Å². The third-order valence-electron chi connectivity index (χ3n) is 2.01. The molecule has 0 saturated carbocycles. The summed E-state index contributed by atoms with van der Waals surface area (Å²) in [6.45, 7) is 4.46. The molecule has 0 atom stereocenters. The van der Waals surface area contributed by atoms with Crippen LogP contribution >= 0.6 is 27.5 Å². The second kappa shape index (κ2) is 5.02. The van der Waals surface area contributed by atoms with Crippen molar-refractivity contribution in [3.8, 4) is 0 Å². The van der Waals surface area contributed by atoms with Gasteiger partial charge in [0, 0.05) is 9.50 Å². The first-order valence-corrected chi connectivity index (χ1v) is 5.70. The lowest BCUT2D eigenvalue weighted by molar-refractivity contribution is 0.587. The molecule has 1 rings (SSSR count). The zero-order valence-corrected chi connectivity index (χ0v) is 10.3. The smallest absolute Gasteiger partial charge is 0.0449 e. The van der Waals surface area contributed by atoms with Gasteiger partial charge < -0.3 is 0 Å². The molecule has 0 aromatic heterocycles. The van der Waals surface area contributed by atoms with E-state index in [1.54, 1.807) is 0 Å². The number of rotatable bonds is 3. The molecule has 0 aliphatic heterocycles. The van der Waals surface area contributed by atoms with Crippen molar-refractivity contribution in [2.45, 2.75) is 26.7 Å². The van der Waals surface area contributed by atoms with Crippen molar-refractivity contribution in [2.75, 3.05) is 0 Å². The van der Waals surface area contributed by atoms with Gasteiger partial charge in [-0.05, 0) is 36.5 Å². The van der Waals surface area contributed by atoms with Crippen molar-refractivity contribution in [3.05, 3.63) is 33.3 Å². The van der Waals surface area contributed by atoms with Crippen molar-refractivity contribution < 1.29 is 0 Å². The molecule has 0 unspecified atom stereocenters. The van der Waals surface area contributed by atoms with E-state index in [-0.39, 0.29) is 0 Å². The fourth-order valence-corrected chi connectivity index (χ4v) is 1.94. The molecule has 0 radical (unpaired) electrons. The first-order chi connectivity index (χ1) is 6.09. The van der Waals surface area contributed by atoms with Crippen LogP contribution in [0.4, 0.5) is 0 Å². The van der Waals surface area contributed by atoms with Gasteiger partial charge >= 0.3 is 0 Å². The van der Waals surface area contributed by atoms with Gasteiger partial charge in [0.2, 0.25) is 0 Å². The van der Waals surface area contributed by atoms with Crippen LogP contribution in [0.1, 0.15) is 25.8 Å². The van der Waals surface area contributed by atoms with E-state index in [2.05, 4.69) is 35.8 Å². The minimum atomic E-state index is 0.736. The van der Waals surface area contributed by atoms with E-state index in [1.807, 2.05) is 12.1 Å². The van der Waals surface area contributed by atoms with Gasteiger partial charge in [-0.3, -0.25) is 0 Å². The zero-order valence-electron chi connectivity index (χ0n) is 7.98. The van der Waals surface area contributed by atoms with Crippen LogP contribution in [-0.2, 0) is 6.42 Å². The van der Waals surface area contributed by atoms with Crippen molar-refractivity contribution in [2.24, 2.45) is 5.92 Å². The van der Waals surface area contributed by atoms with Crippen LogP contribution in [0.3, 0.4) is 0 Å². The Morgan fingerprint density at radius 2 is 2.08 bits per heavy atom. The summed E-state index contributed by atoms with van der Waals surface area (Å²) in [5, 5.41) is 0.870. The van der Waals surface area contributed by atoms with Gasteiger partial charge in [0.1, 0.15) is 0 Å². The Kier molecular flexibility index (Phi) is 4.27. The summed E-state index contributed by atoms with van der Waals surface area (Å²) in [5.41, 5.74) is 1.25. The number of hydrogen-bond donors (Lipinski definition) is 0. The maximum absolute atomic E-state index is 6.08. The summed E-state index contributed by atoms with van der Waals surface area (Å²) < 4.78 is 1.05. The second-order valence-electron chi connectivity index (χ2n) is 3.67. The van der Waals surface area contributed by atoms with E-state index >= 15 is 0 Å². The van der Waals surface area contributed by atoms with E-state index in [0.717, 1.165) is 21.8 Å². The van der Waals surface area contributed by atoms with Crippen molar-refractivity contribution in [3.63, 3.8) is 0 Å². The average Bonchev–Trinajstić information content (AvgIpc) is 2.02. The Morgan fingerprint density at radius 1 is 1.38 bits per heavy atom. The topological polar surface area (TPSA) is 0 Å². The molecule has 0 heterocycles. The van der Waals surface area contributed by atoms with E-state index in [9.17, 15) is 0 Å². The standard InChI is InChI=1S/C11H14BrCl/c1-8(2)3-4-9-5-6-10(12)7-11(9)13/h5-8H,3-4H2,1-2H3. The molecule has 13 heavy (non-hydrogen) atoms. The van der Waals surface area contributed by atoms with E-state index < -0.39 is 0 Å². The Morgan fingerprint density at radius 3 is 2.62 bits per heavy atom. The summed E-state index contributed by atoms with van der Waals surface area (Å²) in [6.07, 6.45) is 2.27. The van der Waals surface area contributed by atoms with Crippen LogP contribution < -0.4 is 0 Å². The van der Waals surface area contributed by atoms with Crippen LogP contribution in [0.2, 0.25) is 5.02 Å². The molecular weight excluding hydrogens is 247 g/mol. The van der Waals surface area contributed by atoms with Crippen LogP contribution in [0.15, 0.2) is 22.7 Å². The lowest BCUT2D eigenvalue weighted by Crippen LogP contribution is -1.92. The molecule has 0 amide bonds. The van der Waals surface area contributed by atoms with Gasteiger partial charge in [0.15, 0.2) is 0 Å². The summed E-state index contributed by atoms with van der Waals surface area (Å²) >= 11 is 9.47. The highest BCUT2D eigenvalue weighted by molar-refractivity contribution is 9.10. The highest BCUT2D eigenvalue weighted by atomic mass is 79.9. The SMILES string of the molecule is CC(C)CCc1ccc(Br)cc1Cl. The normalized spacial score (nSPS) is 10.8. The molecular formula is C11H14BrCl. The molecule has 1 aromatic rings. The Hall–Kier alpha value is -0.0100. The van der Waals surface area contributed by atoms with Crippen LogP contribution in [0.5, 0.6) is 0 Å². The predicted octanol–water partition coefficient (Wildman–Crippen LogP) is 4.69. The van der Waals surface area contributed by atoms with Crippen LogP contribution in [0.25, 0.3) is 0 Å². The maximum Gasteiger partial charge on any atom is 0.0449 e. The average molecular weight is 262 g/mol. The molecule has 0 aliphatic carbocycles. The Balaban J connectivity index is 2.67. The molecule has 0 nitrogen and oxygen atoms in total. The summed E-state index contributed by atoms with van der Waals surface area (Å²) in [4.78, 5) is 0. The van der Waals surface area contributed by atoms with Gasteiger partial charge in [-0.2, -0.15) is 0 Å². The first-order valence-electron chi connectivity index (χ1n) is 4.53. The molecule has 2 heteroatoms. The van der Waals surface area contributed by atoms with Crippen molar-refractivity contribution in [1.29, 1.82) is 0 Å². The monoisotopic (exact) mass is 260 g/mol. The fraction of sp³-hybridized carbons (Fsp3) is 0.455. The third kappa shape index (κ3) is 3.70. The van der Waals surface area contributed by atoms with Gasteiger partial charge in [-0.15, -0.1) is 0 Å². The number of benzene rings is 1. The Labute approximate surface area is 93.4 Å². The highest BCUT2D eigenvalue weighted by Crippen LogP contribution is 2.23. The predicted molar refractivity (Wildman–Crippen MR) is 62.3 cm³/mol. The molecule has 0 spiro atoms.